The number of halogens is 3. The molecule has 1 spiro atoms. The van der Waals surface area contributed by atoms with E-state index in [4.69, 9.17) is 5.73 Å². The summed E-state index contributed by atoms with van der Waals surface area (Å²) in [5, 5.41) is 14.8. The van der Waals surface area contributed by atoms with Crippen molar-refractivity contribution in [1.29, 1.82) is 0 Å². The lowest BCUT2D eigenvalue weighted by molar-refractivity contribution is -0.149. The van der Waals surface area contributed by atoms with E-state index in [1.807, 2.05) is 12.3 Å². The summed E-state index contributed by atoms with van der Waals surface area (Å²) in [6, 6.07) is 5.44. The Morgan fingerprint density at radius 3 is 2.82 bits per heavy atom. The third kappa shape index (κ3) is 4.50. The molecule has 1 aliphatic heterocycles. The van der Waals surface area contributed by atoms with E-state index in [1.54, 1.807) is 30.1 Å². The molecule has 198 valence electrons. The summed E-state index contributed by atoms with van der Waals surface area (Å²) >= 11 is 0. The lowest BCUT2D eigenvalue weighted by Gasteiger charge is -2.25. The Bertz CT molecular complexity index is 1490. The Labute approximate surface area is 215 Å². The van der Waals surface area contributed by atoms with Gasteiger partial charge in [-0.3, -0.25) is 9.48 Å². The smallest absolute Gasteiger partial charge is 0.331 e. The number of nitrogens with two attached hydrogens (primary N) is 1. The topological polar surface area (TPSA) is 127 Å². The third-order valence-corrected chi connectivity index (χ3v) is 7.40. The van der Waals surface area contributed by atoms with Gasteiger partial charge in [0.25, 0.3) is 0 Å². The van der Waals surface area contributed by atoms with E-state index < -0.39 is 29.8 Å². The number of carboxylic acids is 1. The molecule has 1 amide bonds. The molecule has 2 unspecified atom stereocenters. The van der Waals surface area contributed by atoms with E-state index in [0.29, 0.717) is 29.6 Å². The van der Waals surface area contributed by atoms with E-state index in [0.717, 1.165) is 23.4 Å². The van der Waals surface area contributed by atoms with Crippen LogP contribution in [0.1, 0.15) is 30.7 Å². The van der Waals surface area contributed by atoms with Crippen LogP contribution in [0.15, 0.2) is 53.4 Å². The van der Waals surface area contributed by atoms with Crippen LogP contribution in [0.2, 0.25) is 0 Å². The van der Waals surface area contributed by atoms with Gasteiger partial charge in [-0.15, -0.1) is 0 Å². The number of nitrogens with zero attached hydrogens (tertiary/aromatic N) is 5. The fraction of sp³-hybridized carbons (Fsp3) is 0.346. The average Bonchev–Trinajstić information content (AvgIpc) is 3.34. The minimum absolute atomic E-state index is 0.0689. The van der Waals surface area contributed by atoms with Gasteiger partial charge in [0.2, 0.25) is 5.91 Å². The molecule has 3 heterocycles. The first-order valence-corrected chi connectivity index (χ1v) is 12.0. The molecule has 1 aliphatic carbocycles. The molecule has 38 heavy (non-hydrogen) atoms. The van der Waals surface area contributed by atoms with Crippen LogP contribution >= 0.6 is 0 Å². The van der Waals surface area contributed by atoms with Crippen LogP contribution in [0, 0.1) is 11.2 Å². The quantitative estimate of drug-likeness (QED) is 0.342. The summed E-state index contributed by atoms with van der Waals surface area (Å²) in [6.45, 7) is -2.81. The van der Waals surface area contributed by atoms with Crippen LogP contribution in [0.4, 0.5) is 13.2 Å². The normalized spacial score (nSPS) is 22.3. The molecule has 1 aromatic carbocycles. The van der Waals surface area contributed by atoms with Crippen molar-refractivity contribution in [2.75, 3.05) is 6.54 Å². The molecule has 3 atom stereocenters. The van der Waals surface area contributed by atoms with Crippen molar-refractivity contribution in [1.82, 2.24) is 19.7 Å². The van der Waals surface area contributed by atoms with Gasteiger partial charge in [-0.25, -0.2) is 19.2 Å². The Hall–Kier alpha value is -4.22. The van der Waals surface area contributed by atoms with Gasteiger partial charge in [0, 0.05) is 55.5 Å². The first-order valence-electron chi connectivity index (χ1n) is 12.0. The maximum Gasteiger partial charge on any atom is 0.331 e. The molecule has 1 saturated carbocycles. The Balaban J connectivity index is 1.34. The van der Waals surface area contributed by atoms with Crippen molar-refractivity contribution in [2.24, 2.45) is 23.2 Å². The van der Waals surface area contributed by atoms with E-state index in [2.05, 4.69) is 15.1 Å². The van der Waals surface area contributed by atoms with Crippen LogP contribution in [0.5, 0.6) is 0 Å². The van der Waals surface area contributed by atoms with E-state index in [1.165, 1.54) is 11.0 Å². The summed E-state index contributed by atoms with van der Waals surface area (Å²) in [4.78, 5) is 33.9. The van der Waals surface area contributed by atoms with Gasteiger partial charge in [-0.05, 0) is 47.9 Å². The highest BCUT2D eigenvalue weighted by Gasteiger charge is 2.65. The van der Waals surface area contributed by atoms with Gasteiger partial charge in [0.05, 0.1) is 5.41 Å². The summed E-state index contributed by atoms with van der Waals surface area (Å²) in [7, 11) is 1.79. The van der Waals surface area contributed by atoms with E-state index in [-0.39, 0.29) is 30.4 Å². The monoisotopic (exact) mass is 526 g/mol. The van der Waals surface area contributed by atoms with Gasteiger partial charge in [0.15, 0.2) is 5.65 Å². The number of carboxylic acid groups (broad SMARTS) is 1. The summed E-state index contributed by atoms with van der Waals surface area (Å²) in [5.74, 6) is -2.50. The number of aliphatic imine (C=N–C) groups is 1. The maximum atomic E-state index is 15.3. The number of amides is 1. The van der Waals surface area contributed by atoms with Crippen molar-refractivity contribution in [3.63, 3.8) is 0 Å². The first-order chi connectivity index (χ1) is 18.1. The zero-order valence-electron chi connectivity index (χ0n) is 20.4. The molecular weight excluding hydrogens is 501 g/mol. The highest BCUT2D eigenvalue weighted by molar-refractivity contribution is 5.93. The molecule has 0 bridgehead atoms. The number of carbonyl (C=O) groups excluding carboxylic acids is 1. The molecule has 3 aromatic rings. The number of hydrogen-bond acceptors (Lipinski definition) is 6. The van der Waals surface area contributed by atoms with Crippen molar-refractivity contribution < 1.29 is 27.9 Å². The second-order valence-corrected chi connectivity index (χ2v) is 9.69. The summed E-state index contributed by atoms with van der Waals surface area (Å²) in [6.07, 6.45) is 5.77. The molecule has 2 aromatic heterocycles. The molecular formula is C26H25F3N6O3. The second-order valence-electron chi connectivity index (χ2n) is 9.69. The van der Waals surface area contributed by atoms with Crippen LogP contribution in [-0.4, -0.2) is 62.0 Å². The standard InChI is InChI=1S/C26H25F3N6O3/c1-34-13-17-7-16(12-31-22(17)33-34)15-2-3-18(20(27)8-15)19-9-26(19)4-5-35(24(26)38)21(23(36)37)6-14(10-30)11-32-25(28)29/h2-3,7-8,10-13,19,21,25H,4-6,9,30H2,1H3,(H,36,37)/b14-10-,32-11+/t19?,21?,26-/m0/s1. The highest BCUT2D eigenvalue weighted by atomic mass is 19.3. The summed E-state index contributed by atoms with van der Waals surface area (Å²) < 4.78 is 41.8. The molecule has 9 nitrogen and oxygen atoms in total. The number of carbonyl (C=O) groups is 2. The number of benzene rings is 1. The van der Waals surface area contributed by atoms with E-state index >= 15 is 4.39 Å². The summed E-state index contributed by atoms with van der Waals surface area (Å²) in [5.41, 5.74) is 7.01. The van der Waals surface area contributed by atoms with Gasteiger partial charge in [-0.1, -0.05) is 12.1 Å². The van der Waals surface area contributed by atoms with Crippen LogP contribution in [0.3, 0.4) is 0 Å². The fourth-order valence-corrected chi connectivity index (χ4v) is 5.39. The predicted molar refractivity (Wildman–Crippen MR) is 133 cm³/mol. The number of aromatic nitrogens is 3. The zero-order valence-corrected chi connectivity index (χ0v) is 20.4. The van der Waals surface area contributed by atoms with Crippen molar-refractivity contribution in [2.45, 2.75) is 37.8 Å². The predicted octanol–water partition coefficient (Wildman–Crippen LogP) is 3.46. The maximum absolute atomic E-state index is 15.3. The SMILES string of the molecule is Cn1cc2cc(-c3ccc(C4C[C@@]45CCN(C(CC(=C/N)/C=N/C(F)F)C(=O)O)C5=O)c(F)c3)cnc2n1. The third-order valence-electron chi connectivity index (χ3n) is 7.40. The van der Waals surface area contributed by atoms with Gasteiger partial charge >= 0.3 is 12.5 Å². The number of likely N-dealkylation sites (tertiary alicyclic amines) is 1. The van der Waals surface area contributed by atoms with Crippen LogP contribution in [0.25, 0.3) is 22.2 Å². The number of alkyl halides is 2. The molecule has 5 rings (SSSR count). The molecule has 1 saturated heterocycles. The number of pyridine rings is 1. The Morgan fingerprint density at radius 2 is 2.13 bits per heavy atom. The van der Waals surface area contributed by atoms with Gasteiger partial charge in [-0.2, -0.15) is 13.9 Å². The Kier molecular flexibility index (Phi) is 6.41. The Morgan fingerprint density at radius 1 is 1.34 bits per heavy atom. The zero-order chi connectivity index (χ0) is 27.2. The highest BCUT2D eigenvalue weighted by Crippen LogP contribution is 2.65. The van der Waals surface area contributed by atoms with E-state index in [9.17, 15) is 23.5 Å². The largest absolute Gasteiger partial charge is 0.480 e. The number of hydrogen-bond donors (Lipinski definition) is 2. The number of aryl methyl sites for hydroxylation is 1. The second kappa shape index (κ2) is 9.58. The number of fused-ring (bicyclic) bond motifs is 1. The van der Waals surface area contributed by atoms with Gasteiger partial charge in [0.1, 0.15) is 11.9 Å². The van der Waals surface area contributed by atoms with Crippen LogP contribution < -0.4 is 5.73 Å². The average molecular weight is 527 g/mol. The molecule has 0 radical (unpaired) electrons. The van der Waals surface area contributed by atoms with Crippen molar-refractivity contribution in [3.05, 3.63) is 59.8 Å². The first kappa shape index (κ1) is 25.4. The molecule has 2 fully saturated rings. The van der Waals surface area contributed by atoms with Crippen LogP contribution in [-0.2, 0) is 16.6 Å². The van der Waals surface area contributed by atoms with Gasteiger partial charge < -0.3 is 15.7 Å². The minimum Gasteiger partial charge on any atom is -0.480 e. The minimum atomic E-state index is -2.96. The molecule has 12 heteroatoms. The lowest BCUT2D eigenvalue weighted by Crippen LogP contribution is -2.43. The number of aliphatic carboxylic acids is 1. The van der Waals surface area contributed by atoms with Crippen molar-refractivity contribution >= 4 is 29.1 Å². The molecule has 2 aliphatic rings. The fourth-order valence-electron chi connectivity index (χ4n) is 5.39. The molecule has 3 N–H and O–H groups in total. The van der Waals surface area contributed by atoms with Crippen molar-refractivity contribution in [3.8, 4) is 11.1 Å². The lowest BCUT2D eigenvalue weighted by atomic mass is 9.95. The number of rotatable bonds is 8.